The smallest absolute Gasteiger partial charge is 0.160 e. The van der Waals surface area contributed by atoms with Gasteiger partial charge in [0.1, 0.15) is 0 Å². The molecule has 0 saturated carbocycles. The maximum atomic E-state index is 5.15. The summed E-state index contributed by atoms with van der Waals surface area (Å²) in [6, 6.07) is 62.5. The molecule has 9 aromatic rings. The van der Waals surface area contributed by atoms with Crippen LogP contribution in [0.4, 0.5) is 17.1 Å². The van der Waals surface area contributed by atoms with Crippen molar-refractivity contribution in [2.24, 2.45) is 0 Å². The first-order valence-electron chi connectivity index (χ1n) is 18.1. The van der Waals surface area contributed by atoms with Crippen molar-refractivity contribution in [2.45, 2.75) is 20.8 Å². The molecule has 53 heavy (non-hydrogen) atoms. The van der Waals surface area contributed by atoms with E-state index in [1.54, 1.807) is 0 Å². The van der Waals surface area contributed by atoms with Gasteiger partial charge in [-0.25, -0.2) is 9.97 Å². The van der Waals surface area contributed by atoms with E-state index in [4.69, 9.17) is 9.97 Å². The number of nitrogens with zero attached hydrogens (tertiary/aromatic N) is 4. The molecule has 0 aliphatic carbocycles. The van der Waals surface area contributed by atoms with Crippen LogP contribution in [0.1, 0.15) is 16.7 Å². The van der Waals surface area contributed by atoms with Gasteiger partial charge in [-0.1, -0.05) is 108 Å². The summed E-state index contributed by atoms with van der Waals surface area (Å²) in [5.41, 5.74) is 15.3. The van der Waals surface area contributed by atoms with Crippen LogP contribution in [-0.2, 0) is 0 Å². The highest BCUT2D eigenvalue weighted by Crippen LogP contribution is 2.40. The summed E-state index contributed by atoms with van der Waals surface area (Å²) in [5.74, 6) is 0.725. The third kappa shape index (κ3) is 6.04. The van der Waals surface area contributed by atoms with Gasteiger partial charge < -0.3 is 9.47 Å². The van der Waals surface area contributed by atoms with Gasteiger partial charge in [0.15, 0.2) is 5.82 Å². The minimum absolute atomic E-state index is 0.725. The number of anilines is 3. The van der Waals surface area contributed by atoms with E-state index in [0.717, 1.165) is 67.7 Å². The fraction of sp³-hybridized carbons (Fsp3) is 0.0612. The summed E-state index contributed by atoms with van der Waals surface area (Å²) in [5, 5.41) is 2.43. The van der Waals surface area contributed by atoms with Gasteiger partial charge >= 0.3 is 0 Å². The van der Waals surface area contributed by atoms with E-state index >= 15 is 0 Å². The van der Waals surface area contributed by atoms with Crippen molar-refractivity contribution < 1.29 is 0 Å². The summed E-state index contributed by atoms with van der Waals surface area (Å²) in [6.07, 6.45) is 0. The maximum Gasteiger partial charge on any atom is 0.160 e. The Labute approximate surface area is 310 Å². The first-order valence-corrected chi connectivity index (χ1v) is 18.1. The molecule has 0 N–H and O–H groups in total. The summed E-state index contributed by atoms with van der Waals surface area (Å²) >= 11 is 0. The van der Waals surface area contributed by atoms with E-state index < -0.39 is 0 Å². The van der Waals surface area contributed by atoms with Gasteiger partial charge in [0, 0.05) is 50.2 Å². The first-order chi connectivity index (χ1) is 26.0. The maximum absolute atomic E-state index is 5.15. The zero-order valence-electron chi connectivity index (χ0n) is 30.0. The van der Waals surface area contributed by atoms with Crippen molar-refractivity contribution in [1.29, 1.82) is 0 Å². The number of benzene rings is 7. The van der Waals surface area contributed by atoms with Crippen LogP contribution in [0.5, 0.6) is 0 Å². The lowest BCUT2D eigenvalue weighted by Crippen LogP contribution is -2.09. The minimum atomic E-state index is 0.725. The molecular formula is C49H38N4. The molecule has 9 rings (SSSR count). The Morgan fingerprint density at radius 1 is 0.415 bits per heavy atom. The van der Waals surface area contributed by atoms with Gasteiger partial charge in [0.05, 0.1) is 22.4 Å². The van der Waals surface area contributed by atoms with Crippen molar-refractivity contribution >= 4 is 38.9 Å². The fourth-order valence-electron chi connectivity index (χ4n) is 7.49. The molecule has 254 valence electrons. The summed E-state index contributed by atoms with van der Waals surface area (Å²) in [4.78, 5) is 12.5. The molecule has 0 atom stereocenters. The van der Waals surface area contributed by atoms with E-state index in [1.807, 2.05) is 0 Å². The highest BCUT2D eigenvalue weighted by Gasteiger charge is 2.19. The molecule has 0 aliphatic heterocycles. The predicted octanol–water partition coefficient (Wildman–Crippen LogP) is 13.0. The van der Waals surface area contributed by atoms with Gasteiger partial charge in [0.2, 0.25) is 0 Å². The van der Waals surface area contributed by atoms with Crippen LogP contribution >= 0.6 is 0 Å². The third-order valence-corrected chi connectivity index (χ3v) is 9.99. The van der Waals surface area contributed by atoms with Crippen LogP contribution in [0.25, 0.3) is 61.4 Å². The van der Waals surface area contributed by atoms with E-state index in [9.17, 15) is 0 Å². The molecule has 2 aromatic heterocycles. The predicted molar refractivity (Wildman–Crippen MR) is 222 cm³/mol. The molecule has 0 amide bonds. The SMILES string of the molecule is Cc1cccc(-c2cc(-c3ccc(-n4c5ccccc5c5cc(N(c6ccccc6)c6ccccc6)ccc54)c(C)c3)nc(-c3cccc(C)c3)n2)c1. The zero-order chi connectivity index (χ0) is 35.9. The second-order valence-electron chi connectivity index (χ2n) is 13.8. The molecule has 4 nitrogen and oxygen atoms in total. The minimum Gasteiger partial charge on any atom is -0.310 e. The normalized spacial score (nSPS) is 11.3. The van der Waals surface area contributed by atoms with Gasteiger partial charge in [0.25, 0.3) is 0 Å². The van der Waals surface area contributed by atoms with Crippen molar-refractivity contribution in [3.63, 3.8) is 0 Å². The van der Waals surface area contributed by atoms with Crippen molar-refractivity contribution in [1.82, 2.24) is 14.5 Å². The third-order valence-electron chi connectivity index (χ3n) is 9.99. The average Bonchev–Trinajstić information content (AvgIpc) is 3.52. The second-order valence-corrected chi connectivity index (χ2v) is 13.8. The second kappa shape index (κ2) is 13.4. The number of aryl methyl sites for hydroxylation is 3. The van der Waals surface area contributed by atoms with Crippen molar-refractivity contribution in [3.8, 4) is 39.6 Å². The van der Waals surface area contributed by atoms with Crippen LogP contribution in [0.15, 0.2) is 176 Å². The van der Waals surface area contributed by atoms with Crippen LogP contribution < -0.4 is 4.90 Å². The molecule has 0 fully saturated rings. The average molecular weight is 683 g/mol. The number of aromatic nitrogens is 3. The molecule has 2 heterocycles. The summed E-state index contributed by atoms with van der Waals surface area (Å²) in [7, 11) is 0. The van der Waals surface area contributed by atoms with E-state index in [1.165, 1.54) is 27.4 Å². The molecule has 0 aliphatic rings. The first kappa shape index (κ1) is 32.1. The van der Waals surface area contributed by atoms with E-state index in [-0.39, 0.29) is 0 Å². The Morgan fingerprint density at radius 3 is 1.66 bits per heavy atom. The van der Waals surface area contributed by atoms with Crippen molar-refractivity contribution in [3.05, 3.63) is 193 Å². The van der Waals surface area contributed by atoms with Crippen LogP contribution in [0.2, 0.25) is 0 Å². The standard InChI is InChI=1S/C49H38N4/c1-33-14-12-16-36(28-33)44-32-45(51-49(50-44)38-17-13-15-34(2)29-38)37-24-26-46(35(3)30-37)53-47-23-11-10-22-42(47)43-31-41(25-27-48(43)53)52(39-18-6-4-7-19-39)40-20-8-5-9-21-40/h4-32H,1-3H3. The van der Waals surface area contributed by atoms with Gasteiger partial charge in [-0.3, -0.25) is 0 Å². The van der Waals surface area contributed by atoms with Crippen molar-refractivity contribution in [2.75, 3.05) is 4.90 Å². The number of hydrogen-bond acceptors (Lipinski definition) is 3. The lowest BCUT2D eigenvalue weighted by atomic mass is 10.0. The number of hydrogen-bond donors (Lipinski definition) is 0. The number of fused-ring (bicyclic) bond motifs is 3. The molecule has 4 heteroatoms. The lowest BCUT2D eigenvalue weighted by Gasteiger charge is -2.25. The fourth-order valence-corrected chi connectivity index (χ4v) is 7.49. The van der Waals surface area contributed by atoms with Gasteiger partial charge in [-0.05, 0) is 105 Å². The Morgan fingerprint density at radius 2 is 1.00 bits per heavy atom. The quantitative estimate of drug-likeness (QED) is 0.168. The number of rotatable bonds is 7. The number of para-hydroxylation sites is 3. The van der Waals surface area contributed by atoms with E-state index in [0.29, 0.717) is 0 Å². The zero-order valence-corrected chi connectivity index (χ0v) is 30.0. The van der Waals surface area contributed by atoms with Gasteiger partial charge in [-0.2, -0.15) is 0 Å². The summed E-state index contributed by atoms with van der Waals surface area (Å²) in [6.45, 7) is 6.42. The monoisotopic (exact) mass is 682 g/mol. The Bertz CT molecular complexity index is 2660. The topological polar surface area (TPSA) is 34.0 Å². The molecule has 0 radical (unpaired) electrons. The molecule has 7 aromatic carbocycles. The summed E-state index contributed by atoms with van der Waals surface area (Å²) < 4.78 is 2.40. The Hall–Kier alpha value is -6.78. The molecule has 0 spiro atoms. The molecule has 0 unspecified atom stereocenters. The lowest BCUT2D eigenvalue weighted by molar-refractivity contribution is 1.14. The highest BCUT2D eigenvalue weighted by atomic mass is 15.1. The molecule has 0 saturated heterocycles. The van der Waals surface area contributed by atoms with Gasteiger partial charge in [-0.15, -0.1) is 0 Å². The molecule has 0 bridgehead atoms. The van der Waals surface area contributed by atoms with Crippen LogP contribution in [0, 0.1) is 20.8 Å². The Balaban J connectivity index is 1.18. The Kier molecular flexibility index (Phi) is 8.13. The van der Waals surface area contributed by atoms with Crippen LogP contribution in [0.3, 0.4) is 0 Å². The highest BCUT2D eigenvalue weighted by molar-refractivity contribution is 6.10. The van der Waals surface area contributed by atoms with E-state index in [2.05, 4.69) is 206 Å². The largest absolute Gasteiger partial charge is 0.310 e. The van der Waals surface area contributed by atoms with Crippen LogP contribution in [-0.4, -0.2) is 14.5 Å². The molecular weight excluding hydrogens is 645 g/mol.